The molecule has 0 bridgehead atoms. The van der Waals surface area contributed by atoms with E-state index in [9.17, 15) is 0 Å². The van der Waals surface area contributed by atoms with Crippen molar-refractivity contribution in [3.05, 3.63) is 215 Å². The molecule has 290 valence electrons. The molecule has 10 rings (SSSR count). The topological polar surface area (TPSA) is 28.8 Å². The standard InChI is InChI=1S/C56H52N3/c1-7-55(5,6)36-51-47-33-41(54(2,3)4)26-28-43(47)45-35-49-46(34-48(45)52-32-38(29-31-59(52)58-51)50-24-16-17-30-57-50)44-27-25-37-18-14-15-23-42(37)53(44)56(49,39-19-10-8-11-20-39)40-21-12-9-13-22-40/h8-36,43,47,58H,7H2,1-6H3/q+1/b51-36-. The summed E-state index contributed by atoms with van der Waals surface area (Å²) < 4.78 is 2.27. The number of nitrogens with zero attached hydrogens (tertiary/aromatic N) is 2. The van der Waals surface area contributed by atoms with Gasteiger partial charge in [-0.25, -0.2) is 0 Å². The summed E-state index contributed by atoms with van der Waals surface area (Å²) in [7, 11) is 0. The van der Waals surface area contributed by atoms with E-state index in [0.29, 0.717) is 0 Å². The minimum Gasteiger partial charge on any atom is -0.256 e. The van der Waals surface area contributed by atoms with Gasteiger partial charge in [-0.15, -0.1) is 0 Å². The second-order valence-corrected chi connectivity index (χ2v) is 18.4. The number of aromatic nitrogens is 2. The lowest BCUT2D eigenvalue weighted by molar-refractivity contribution is -0.635. The smallest absolute Gasteiger partial charge is 0.243 e. The molecule has 0 saturated heterocycles. The molecule has 3 heteroatoms. The minimum absolute atomic E-state index is 0.00288. The number of hydrogen-bond donors (Lipinski definition) is 1. The third kappa shape index (κ3) is 6.01. The highest BCUT2D eigenvalue weighted by Gasteiger charge is 2.49. The molecule has 3 aliphatic rings. The third-order valence-corrected chi connectivity index (χ3v) is 13.3. The first kappa shape index (κ1) is 37.0. The number of hydrogen-bond acceptors (Lipinski definition) is 2. The maximum Gasteiger partial charge on any atom is 0.243 e. The number of benzene rings is 5. The molecule has 5 aromatic carbocycles. The number of rotatable bonds is 5. The summed E-state index contributed by atoms with van der Waals surface area (Å²) >= 11 is 0. The van der Waals surface area contributed by atoms with Crippen LogP contribution in [0.5, 0.6) is 0 Å². The number of allylic oxidation sites excluding steroid dienone is 5. The first-order valence-electron chi connectivity index (χ1n) is 21.3. The van der Waals surface area contributed by atoms with Gasteiger partial charge >= 0.3 is 0 Å². The van der Waals surface area contributed by atoms with Crippen molar-refractivity contribution in [1.29, 1.82) is 0 Å². The van der Waals surface area contributed by atoms with E-state index in [4.69, 9.17) is 4.98 Å². The lowest BCUT2D eigenvalue weighted by Gasteiger charge is -2.37. The van der Waals surface area contributed by atoms with Crippen LogP contribution >= 0.6 is 0 Å². The summed E-state index contributed by atoms with van der Waals surface area (Å²) in [4.78, 5) is 4.81. The second kappa shape index (κ2) is 13.9. The van der Waals surface area contributed by atoms with E-state index < -0.39 is 5.41 Å². The second-order valence-electron chi connectivity index (χ2n) is 18.4. The Balaban J connectivity index is 1.35. The van der Waals surface area contributed by atoms with Crippen molar-refractivity contribution in [2.45, 2.75) is 59.3 Å². The fourth-order valence-corrected chi connectivity index (χ4v) is 9.95. The van der Waals surface area contributed by atoms with Gasteiger partial charge in [-0.2, -0.15) is 5.43 Å². The van der Waals surface area contributed by atoms with Crippen molar-refractivity contribution < 1.29 is 4.68 Å². The van der Waals surface area contributed by atoms with Crippen LogP contribution in [-0.2, 0) is 5.41 Å². The molecule has 3 heterocycles. The van der Waals surface area contributed by atoms with Gasteiger partial charge < -0.3 is 0 Å². The largest absolute Gasteiger partial charge is 0.256 e. The van der Waals surface area contributed by atoms with Crippen LogP contribution < -0.4 is 10.1 Å². The average Bonchev–Trinajstić information content (AvgIpc) is 3.56. The van der Waals surface area contributed by atoms with Gasteiger partial charge in [-0.1, -0.05) is 180 Å². The molecular formula is C56H52N3+. The van der Waals surface area contributed by atoms with Crippen LogP contribution in [0.1, 0.15) is 81.7 Å². The lowest BCUT2D eigenvalue weighted by atomic mass is 9.65. The Hall–Kier alpha value is -6.32. The Morgan fingerprint density at radius 2 is 1.42 bits per heavy atom. The molecule has 0 spiro atoms. The molecule has 0 radical (unpaired) electrons. The van der Waals surface area contributed by atoms with Gasteiger partial charge in [0.2, 0.25) is 11.9 Å². The first-order chi connectivity index (χ1) is 28.6. The maximum absolute atomic E-state index is 4.81. The van der Waals surface area contributed by atoms with E-state index in [-0.39, 0.29) is 22.7 Å². The molecule has 0 fully saturated rings. The fraction of sp³-hybridized carbons (Fsp3) is 0.214. The van der Waals surface area contributed by atoms with Gasteiger partial charge in [-0.05, 0) is 90.7 Å². The molecule has 0 saturated carbocycles. The van der Waals surface area contributed by atoms with Crippen LogP contribution in [0.25, 0.3) is 44.4 Å². The molecule has 0 amide bonds. The van der Waals surface area contributed by atoms with Crippen LogP contribution in [0.3, 0.4) is 0 Å². The zero-order valence-electron chi connectivity index (χ0n) is 35.0. The number of fused-ring (bicyclic) bond motifs is 10. The molecular weight excluding hydrogens is 715 g/mol. The normalized spacial score (nSPS) is 18.4. The molecule has 1 aliphatic heterocycles. The summed E-state index contributed by atoms with van der Waals surface area (Å²) in [6.07, 6.45) is 15.1. The van der Waals surface area contributed by atoms with Gasteiger partial charge in [-0.3, -0.25) is 4.98 Å². The Morgan fingerprint density at radius 1 is 0.712 bits per heavy atom. The monoisotopic (exact) mass is 766 g/mol. The van der Waals surface area contributed by atoms with Crippen molar-refractivity contribution in [1.82, 2.24) is 4.98 Å². The van der Waals surface area contributed by atoms with E-state index in [0.717, 1.165) is 23.4 Å². The highest BCUT2D eigenvalue weighted by atomic mass is 15.4. The SMILES string of the molecule is CCC(C)(C)/C=C1\N[n+]2ccc(-c3ccccn3)cc2-c2cc3c(cc2C2C=CC(C(C)(C)C)=CC12)C(c1ccccc1)(c1ccccc1)c1c-3ccc2ccccc12. The summed E-state index contributed by atoms with van der Waals surface area (Å²) in [5.74, 6) is 0.158. The maximum atomic E-state index is 4.81. The van der Waals surface area contributed by atoms with Gasteiger partial charge in [0.15, 0.2) is 0 Å². The highest BCUT2D eigenvalue weighted by molar-refractivity contribution is 6.01. The number of pyridine rings is 2. The molecule has 1 N–H and O–H groups in total. The molecule has 59 heavy (non-hydrogen) atoms. The summed E-state index contributed by atoms with van der Waals surface area (Å²) in [6.45, 7) is 14.0. The Morgan fingerprint density at radius 3 is 2.12 bits per heavy atom. The van der Waals surface area contributed by atoms with Crippen molar-refractivity contribution in [2.75, 3.05) is 5.43 Å². The van der Waals surface area contributed by atoms with E-state index in [1.54, 1.807) is 0 Å². The summed E-state index contributed by atoms with van der Waals surface area (Å²) in [6, 6.07) is 52.0. The van der Waals surface area contributed by atoms with Crippen LogP contribution in [0.15, 0.2) is 187 Å². The van der Waals surface area contributed by atoms with Crippen molar-refractivity contribution in [3.63, 3.8) is 0 Å². The van der Waals surface area contributed by atoms with Crippen LogP contribution in [0.2, 0.25) is 0 Å². The van der Waals surface area contributed by atoms with Crippen molar-refractivity contribution >= 4 is 10.8 Å². The Kier molecular flexibility index (Phi) is 8.72. The molecule has 7 aromatic rings. The fourth-order valence-electron chi connectivity index (χ4n) is 9.95. The van der Waals surface area contributed by atoms with E-state index in [1.807, 2.05) is 12.3 Å². The zero-order chi connectivity index (χ0) is 40.5. The van der Waals surface area contributed by atoms with Crippen molar-refractivity contribution in [3.8, 4) is 33.6 Å². The number of nitrogens with one attached hydrogen (secondary N) is 1. The van der Waals surface area contributed by atoms with Gasteiger partial charge in [0.1, 0.15) is 0 Å². The van der Waals surface area contributed by atoms with Crippen LogP contribution in [0, 0.1) is 16.7 Å². The molecule has 2 atom stereocenters. The third-order valence-electron chi connectivity index (χ3n) is 13.3. The van der Waals surface area contributed by atoms with Crippen LogP contribution in [0.4, 0.5) is 0 Å². The van der Waals surface area contributed by atoms with Gasteiger partial charge in [0.05, 0.1) is 22.4 Å². The van der Waals surface area contributed by atoms with Gasteiger partial charge in [0, 0.05) is 35.7 Å². The molecule has 3 nitrogen and oxygen atoms in total. The Bertz CT molecular complexity index is 2800. The van der Waals surface area contributed by atoms with E-state index >= 15 is 0 Å². The summed E-state index contributed by atoms with van der Waals surface area (Å²) in [5, 5.41) is 2.54. The summed E-state index contributed by atoms with van der Waals surface area (Å²) in [5.41, 5.74) is 19.6. The molecule has 2 aromatic heterocycles. The quantitative estimate of drug-likeness (QED) is 0.177. The van der Waals surface area contributed by atoms with Gasteiger partial charge in [0.25, 0.3) is 0 Å². The molecule has 2 unspecified atom stereocenters. The molecule has 2 aliphatic carbocycles. The zero-order valence-corrected chi connectivity index (χ0v) is 35.0. The predicted molar refractivity (Wildman–Crippen MR) is 245 cm³/mol. The highest BCUT2D eigenvalue weighted by Crippen LogP contribution is 2.60. The van der Waals surface area contributed by atoms with Crippen molar-refractivity contribution in [2.24, 2.45) is 16.7 Å². The predicted octanol–water partition coefficient (Wildman–Crippen LogP) is 13.3. The average molecular weight is 767 g/mol. The van der Waals surface area contributed by atoms with Crippen LogP contribution in [-0.4, -0.2) is 4.98 Å². The lowest BCUT2D eigenvalue weighted by Crippen LogP contribution is -2.49. The minimum atomic E-state index is -0.557. The van der Waals surface area contributed by atoms with E-state index in [2.05, 4.69) is 216 Å². The van der Waals surface area contributed by atoms with E-state index in [1.165, 1.54) is 66.6 Å². The Labute approximate surface area is 349 Å². The first-order valence-corrected chi connectivity index (χ1v) is 21.3.